The van der Waals surface area contributed by atoms with Crippen LogP contribution in [0, 0.1) is 6.92 Å². The van der Waals surface area contributed by atoms with Gasteiger partial charge in [-0.1, -0.05) is 67.9 Å². The molecule has 0 bridgehead atoms. The second-order valence-electron chi connectivity index (χ2n) is 4.93. The first-order valence-electron chi connectivity index (χ1n) is 7.02. The molecular weight excluding hydrogens is 232 g/mol. The molecule has 0 spiro atoms. The van der Waals surface area contributed by atoms with Gasteiger partial charge >= 0.3 is 0 Å². The van der Waals surface area contributed by atoms with Crippen molar-refractivity contribution in [3.8, 4) is 0 Å². The molecule has 0 amide bonds. The molecule has 0 N–H and O–H groups in total. The molecule has 100 valence electrons. The molecule has 19 heavy (non-hydrogen) atoms. The first-order valence-corrected chi connectivity index (χ1v) is 7.02. The number of hydrogen-bond donors (Lipinski definition) is 0. The van der Waals surface area contributed by atoms with Crippen LogP contribution in [0.25, 0.3) is 0 Å². The van der Waals surface area contributed by atoms with Gasteiger partial charge in [0.15, 0.2) is 0 Å². The predicted octanol–water partition coefficient (Wildman–Crippen LogP) is 5.05. The summed E-state index contributed by atoms with van der Waals surface area (Å²) in [6.45, 7) is 5.02. The van der Waals surface area contributed by atoms with Gasteiger partial charge in [-0.2, -0.15) is 0 Å². The molecule has 1 nitrogen and oxygen atoms in total. The van der Waals surface area contributed by atoms with Crippen LogP contribution in [0.1, 0.15) is 42.6 Å². The van der Waals surface area contributed by atoms with Crippen LogP contribution >= 0.6 is 0 Å². The van der Waals surface area contributed by atoms with Gasteiger partial charge in [-0.15, -0.1) is 0 Å². The van der Waals surface area contributed by atoms with Gasteiger partial charge in [-0.05, 0) is 30.0 Å². The average molecular weight is 254 g/mol. The van der Waals surface area contributed by atoms with Crippen molar-refractivity contribution < 1.29 is 4.74 Å². The first kappa shape index (κ1) is 13.8. The average Bonchev–Trinajstić information content (AvgIpc) is 2.46. The Morgan fingerprint density at radius 1 is 0.947 bits per heavy atom. The summed E-state index contributed by atoms with van der Waals surface area (Å²) in [4.78, 5) is 0. The monoisotopic (exact) mass is 254 g/mol. The third-order valence-electron chi connectivity index (χ3n) is 3.42. The topological polar surface area (TPSA) is 9.23 Å². The van der Waals surface area contributed by atoms with E-state index in [1.807, 2.05) is 6.07 Å². The van der Waals surface area contributed by atoms with Crippen molar-refractivity contribution in [3.63, 3.8) is 0 Å². The summed E-state index contributed by atoms with van der Waals surface area (Å²) in [6.07, 6.45) is 2.40. The summed E-state index contributed by atoms with van der Waals surface area (Å²) in [5, 5.41) is 0. The first-order chi connectivity index (χ1) is 9.31. The van der Waals surface area contributed by atoms with Gasteiger partial charge in [0.05, 0.1) is 12.7 Å². The van der Waals surface area contributed by atoms with Crippen LogP contribution in [-0.4, -0.2) is 0 Å². The Balaban J connectivity index is 2.04. The van der Waals surface area contributed by atoms with E-state index in [2.05, 4.69) is 62.4 Å². The molecule has 0 aliphatic rings. The molecule has 1 atom stereocenters. The van der Waals surface area contributed by atoms with Gasteiger partial charge in [0.2, 0.25) is 0 Å². The lowest BCUT2D eigenvalue weighted by molar-refractivity contribution is 0.0331. The molecule has 0 fully saturated rings. The van der Waals surface area contributed by atoms with Crippen LogP contribution in [0.2, 0.25) is 0 Å². The maximum Gasteiger partial charge on any atom is 0.0829 e. The number of rotatable bonds is 6. The van der Waals surface area contributed by atoms with Crippen molar-refractivity contribution in [2.75, 3.05) is 0 Å². The van der Waals surface area contributed by atoms with Gasteiger partial charge in [0.25, 0.3) is 0 Å². The van der Waals surface area contributed by atoms with E-state index >= 15 is 0 Å². The molecule has 0 saturated heterocycles. The molecule has 2 aromatic rings. The maximum absolute atomic E-state index is 6.14. The van der Waals surface area contributed by atoms with E-state index in [-0.39, 0.29) is 6.10 Å². The summed E-state index contributed by atoms with van der Waals surface area (Å²) >= 11 is 0. The van der Waals surface area contributed by atoms with Gasteiger partial charge in [-0.3, -0.25) is 0 Å². The van der Waals surface area contributed by atoms with E-state index in [0.717, 1.165) is 12.8 Å². The molecule has 0 radical (unpaired) electrons. The van der Waals surface area contributed by atoms with E-state index in [9.17, 15) is 0 Å². The second kappa shape index (κ2) is 7.10. The molecule has 2 aromatic carbocycles. The fourth-order valence-electron chi connectivity index (χ4n) is 2.24. The molecule has 1 unspecified atom stereocenters. The highest BCUT2D eigenvalue weighted by Crippen LogP contribution is 2.24. The molecule has 0 aliphatic heterocycles. The van der Waals surface area contributed by atoms with Crippen LogP contribution in [0.5, 0.6) is 0 Å². The molecule has 0 saturated carbocycles. The van der Waals surface area contributed by atoms with Gasteiger partial charge in [0.1, 0.15) is 0 Å². The summed E-state index contributed by atoms with van der Waals surface area (Å²) in [5.41, 5.74) is 3.85. The van der Waals surface area contributed by atoms with Gasteiger partial charge in [0, 0.05) is 0 Å². The van der Waals surface area contributed by atoms with E-state index in [4.69, 9.17) is 4.74 Å². The van der Waals surface area contributed by atoms with Crippen LogP contribution in [0.15, 0.2) is 54.6 Å². The van der Waals surface area contributed by atoms with E-state index < -0.39 is 0 Å². The van der Waals surface area contributed by atoms with Crippen LogP contribution < -0.4 is 0 Å². The Hall–Kier alpha value is -1.60. The molecule has 0 heterocycles. The number of benzene rings is 2. The normalized spacial score (nSPS) is 12.3. The van der Waals surface area contributed by atoms with Crippen molar-refractivity contribution in [3.05, 3.63) is 71.3 Å². The zero-order valence-corrected chi connectivity index (χ0v) is 11.8. The summed E-state index contributed by atoms with van der Waals surface area (Å²) in [6, 6.07) is 18.9. The van der Waals surface area contributed by atoms with Crippen LogP contribution in [0.4, 0.5) is 0 Å². The van der Waals surface area contributed by atoms with Crippen molar-refractivity contribution in [2.24, 2.45) is 0 Å². The maximum atomic E-state index is 6.14. The molecule has 0 aliphatic carbocycles. The highest BCUT2D eigenvalue weighted by molar-refractivity contribution is 5.25. The Labute approximate surface area is 116 Å². The minimum absolute atomic E-state index is 0.200. The fourth-order valence-corrected chi connectivity index (χ4v) is 2.24. The lowest BCUT2D eigenvalue weighted by Gasteiger charge is -2.18. The highest BCUT2D eigenvalue weighted by atomic mass is 16.5. The van der Waals surface area contributed by atoms with Crippen molar-refractivity contribution in [1.82, 2.24) is 0 Å². The minimum atomic E-state index is 0.200. The summed E-state index contributed by atoms with van der Waals surface area (Å²) in [7, 11) is 0. The smallest absolute Gasteiger partial charge is 0.0829 e. The molecule has 1 heteroatoms. The lowest BCUT2D eigenvalue weighted by Crippen LogP contribution is -2.05. The van der Waals surface area contributed by atoms with Crippen LogP contribution in [0.3, 0.4) is 0 Å². The van der Waals surface area contributed by atoms with Gasteiger partial charge in [-0.25, -0.2) is 0 Å². The minimum Gasteiger partial charge on any atom is -0.369 e. The Morgan fingerprint density at radius 3 is 2.32 bits per heavy atom. The van der Waals surface area contributed by atoms with Gasteiger partial charge < -0.3 is 4.74 Å². The molecular formula is C18H22O. The molecule has 0 aromatic heterocycles. The standard InChI is InChI=1S/C18H22O/c1-3-9-18(16-11-5-4-6-12-16)19-14-17-13-8-7-10-15(17)2/h4-8,10-13,18H,3,9,14H2,1-2H3. The predicted molar refractivity (Wildman–Crippen MR) is 80.1 cm³/mol. The molecule has 2 rings (SSSR count). The van der Waals surface area contributed by atoms with Crippen LogP contribution in [-0.2, 0) is 11.3 Å². The summed E-state index contributed by atoms with van der Waals surface area (Å²) in [5.74, 6) is 0. The zero-order chi connectivity index (χ0) is 13.5. The van der Waals surface area contributed by atoms with Crippen molar-refractivity contribution >= 4 is 0 Å². The zero-order valence-electron chi connectivity index (χ0n) is 11.8. The number of ether oxygens (including phenoxy) is 1. The quantitative estimate of drug-likeness (QED) is 0.700. The number of aryl methyl sites for hydroxylation is 1. The third kappa shape index (κ3) is 3.93. The van der Waals surface area contributed by atoms with E-state index in [1.54, 1.807) is 0 Å². The largest absolute Gasteiger partial charge is 0.369 e. The lowest BCUT2D eigenvalue weighted by atomic mass is 10.0. The third-order valence-corrected chi connectivity index (χ3v) is 3.42. The highest BCUT2D eigenvalue weighted by Gasteiger charge is 2.11. The van der Waals surface area contributed by atoms with Crippen molar-refractivity contribution in [1.29, 1.82) is 0 Å². The Morgan fingerprint density at radius 2 is 1.63 bits per heavy atom. The fraction of sp³-hybridized carbons (Fsp3) is 0.333. The van der Waals surface area contributed by atoms with E-state index in [1.165, 1.54) is 16.7 Å². The van der Waals surface area contributed by atoms with Crippen molar-refractivity contribution in [2.45, 2.75) is 39.4 Å². The Kier molecular flexibility index (Phi) is 5.17. The Bertz CT molecular complexity index is 490. The number of hydrogen-bond acceptors (Lipinski definition) is 1. The second-order valence-corrected chi connectivity index (χ2v) is 4.93. The van der Waals surface area contributed by atoms with E-state index in [0.29, 0.717) is 6.61 Å². The SMILES string of the molecule is CCCC(OCc1ccccc1C)c1ccccc1. The summed E-state index contributed by atoms with van der Waals surface area (Å²) < 4.78 is 6.14.